The van der Waals surface area contributed by atoms with Gasteiger partial charge in [0.1, 0.15) is 0 Å². The number of piperidine rings is 1. The topological polar surface area (TPSA) is 54.6 Å². The van der Waals surface area contributed by atoms with Crippen molar-refractivity contribution in [2.75, 3.05) is 40.8 Å². The van der Waals surface area contributed by atoms with Crippen LogP contribution < -0.4 is 10.5 Å². The van der Waals surface area contributed by atoms with E-state index in [0.29, 0.717) is 18.5 Å². The zero-order chi connectivity index (χ0) is 14.5. The van der Waals surface area contributed by atoms with Crippen LogP contribution in [0.4, 0.5) is 0 Å². The van der Waals surface area contributed by atoms with Crippen LogP contribution in [-0.4, -0.2) is 61.7 Å². The zero-order valence-electron chi connectivity index (χ0n) is 12.7. The van der Waals surface area contributed by atoms with E-state index in [2.05, 4.69) is 34.9 Å². The molecule has 112 valence electrons. The molecule has 1 unspecified atom stereocenters. The average Bonchev–Trinajstić information content (AvgIpc) is 2.49. The number of likely N-dealkylation sites (tertiary alicyclic amines) is 1. The van der Waals surface area contributed by atoms with Crippen LogP contribution in [0.25, 0.3) is 0 Å². The molecule has 1 aliphatic heterocycles. The van der Waals surface area contributed by atoms with Gasteiger partial charge in [-0.25, -0.2) is 4.98 Å². The van der Waals surface area contributed by atoms with Gasteiger partial charge in [-0.05, 0) is 32.5 Å². The molecule has 1 saturated heterocycles. The van der Waals surface area contributed by atoms with E-state index in [0.717, 1.165) is 13.1 Å². The van der Waals surface area contributed by atoms with E-state index in [1.807, 2.05) is 12.3 Å². The maximum absolute atomic E-state index is 5.99. The highest BCUT2D eigenvalue weighted by Crippen LogP contribution is 2.25. The minimum absolute atomic E-state index is 0.261. The van der Waals surface area contributed by atoms with Gasteiger partial charge in [0.05, 0.1) is 7.11 Å². The Bertz CT molecular complexity index is 399. The summed E-state index contributed by atoms with van der Waals surface area (Å²) in [6, 6.07) is 4.93. The van der Waals surface area contributed by atoms with Crippen LogP contribution in [0.1, 0.15) is 24.4 Å². The molecule has 2 rings (SSSR count). The fraction of sp³-hybridized carbons (Fsp3) is 0.667. The third kappa shape index (κ3) is 3.48. The molecule has 0 aliphatic carbocycles. The fourth-order valence-corrected chi connectivity index (χ4v) is 2.92. The quantitative estimate of drug-likeness (QED) is 0.874. The molecule has 0 amide bonds. The summed E-state index contributed by atoms with van der Waals surface area (Å²) in [5.74, 6) is 0.649. The second-order valence-electron chi connectivity index (χ2n) is 5.62. The Kier molecular flexibility index (Phi) is 5.34. The molecule has 0 aromatic carbocycles. The average molecular weight is 278 g/mol. The summed E-state index contributed by atoms with van der Waals surface area (Å²) in [6.07, 6.45) is 4.29. The van der Waals surface area contributed by atoms with E-state index in [1.165, 1.54) is 18.4 Å². The van der Waals surface area contributed by atoms with E-state index in [1.54, 1.807) is 7.11 Å². The van der Waals surface area contributed by atoms with Crippen LogP contribution in [0, 0.1) is 0 Å². The van der Waals surface area contributed by atoms with Crippen molar-refractivity contribution in [3.05, 3.63) is 23.9 Å². The third-order valence-corrected chi connectivity index (χ3v) is 4.25. The van der Waals surface area contributed by atoms with Crippen molar-refractivity contribution in [1.29, 1.82) is 0 Å². The van der Waals surface area contributed by atoms with Gasteiger partial charge in [-0.15, -0.1) is 0 Å². The van der Waals surface area contributed by atoms with Gasteiger partial charge in [0.2, 0.25) is 5.88 Å². The van der Waals surface area contributed by atoms with E-state index in [4.69, 9.17) is 10.5 Å². The van der Waals surface area contributed by atoms with E-state index < -0.39 is 0 Å². The van der Waals surface area contributed by atoms with Crippen LogP contribution >= 0.6 is 0 Å². The zero-order valence-corrected chi connectivity index (χ0v) is 12.7. The Morgan fingerprint density at radius 3 is 2.55 bits per heavy atom. The molecular weight excluding hydrogens is 252 g/mol. The molecule has 2 N–H and O–H groups in total. The first-order chi connectivity index (χ1) is 9.65. The van der Waals surface area contributed by atoms with Crippen molar-refractivity contribution in [1.82, 2.24) is 14.8 Å². The normalized spacial score (nSPS) is 19.2. The molecule has 0 radical (unpaired) electrons. The number of ether oxygens (including phenoxy) is 1. The number of nitrogens with two attached hydrogens (primary N) is 1. The molecule has 1 aromatic heterocycles. The highest BCUT2D eigenvalue weighted by molar-refractivity contribution is 5.21. The number of aromatic nitrogens is 1. The largest absolute Gasteiger partial charge is 0.481 e. The smallest absolute Gasteiger partial charge is 0.212 e. The maximum Gasteiger partial charge on any atom is 0.212 e. The molecule has 1 aromatic rings. The maximum atomic E-state index is 5.99. The second-order valence-corrected chi connectivity index (χ2v) is 5.62. The van der Waals surface area contributed by atoms with Gasteiger partial charge < -0.3 is 15.4 Å². The van der Waals surface area contributed by atoms with Crippen LogP contribution in [-0.2, 0) is 0 Å². The molecule has 20 heavy (non-hydrogen) atoms. The van der Waals surface area contributed by atoms with Crippen molar-refractivity contribution in [2.24, 2.45) is 5.73 Å². The van der Waals surface area contributed by atoms with Crippen LogP contribution in [0.3, 0.4) is 0 Å². The van der Waals surface area contributed by atoms with Crippen molar-refractivity contribution >= 4 is 0 Å². The number of hydrogen-bond donors (Lipinski definition) is 1. The van der Waals surface area contributed by atoms with Crippen LogP contribution in [0.2, 0.25) is 0 Å². The number of pyridine rings is 1. The third-order valence-electron chi connectivity index (χ3n) is 4.25. The van der Waals surface area contributed by atoms with Crippen molar-refractivity contribution in [3.63, 3.8) is 0 Å². The summed E-state index contributed by atoms with van der Waals surface area (Å²) in [7, 11) is 5.96. The van der Waals surface area contributed by atoms with E-state index >= 15 is 0 Å². The number of rotatable bonds is 5. The van der Waals surface area contributed by atoms with Crippen LogP contribution in [0.5, 0.6) is 5.88 Å². The summed E-state index contributed by atoms with van der Waals surface area (Å²) >= 11 is 0. The van der Waals surface area contributed by atoms with Gasteiger partial charge in [-0.3, -0.25) is 4.90 Å². The van der Waals surface area contributed by atoms with Crippen molar-refractivity contribution in [3.8, 4) is 5.88 Å². The predicted octanol–water partition coefficient (Wildman–Crippen LogP) is 1.12. The Labute approximate surface area is 121 Å². The molecule has 1 atom stereocenters. The van der Waals surface area contributed by atoms with E-state index in [9.17, 15) is 0 Å². The summed E-state index contributed by atoms with van der Waals surface area (Å²) in [5.41, 5.74) is 7.17. The Morgan fingerprint density at radius 2 is 2.10 bits per heavy atom. The van der Waals surface area contributed by atoms with Gasteiger partial charge in [-0.1, -0.05) is 6.07 Å². The highest BCUT2D eigenvalue weighted by Gasteiger charge is 2.26. The van der Waals surface area contributed by atoms with Gasteiger partial charge in [-0.2, -0.15) is 0 Å². The lowest BCUT2D eigenvalue weighted by Crippen LogP contribution is -2.45. The first-order valence-electron chi connectivity index (χ1n) is 7.26. The molecule has 1 aliphatic rings. The van der Waals surface area contributed by atoms with Crippen LogP contribution in [0.15, 0.2) is 18.3 Å². The summed E-state index contributed by atoms with van der Waals surface area (Å²) in [6.45, 7) is 2.81. The second kappa shape index (κ2) is 7.02. The van der Waals surface area contributed by atoms with Gasteiger partial charge >= 0.3 is 0 Å². The Hall–Kier alpha value is -1.17. The van der Waals surface area contributed by atoms with Gasteiger partial charge in [0, 0.05) is 44.0 Å². The molecule has 0 spiro atoms. The lowest BCUT2D eigenvalue weighted by atomic mass is 9.99. The van der Waals surface area contributed by atoms with Gasteiger partial charge in [0.15, 0.2) is 0 Å². The molecule has 2 heterocycles. The molecule has 5 heteroatoms. The minimum Gasteiger partial charge on any atom is -0.481 e. The fourth-order valence-electron chi connectivity index (χ4n) is 2.92. The van der Waals surface area contributed by atoms with Crippen molar-refractivity contribution < 1.29 is 4.74 Å². The highest BCUT2D eigenvalue weighted by atomic mass is 16.5. The number of hydrogen-bond acceptors (Lipinski definition) is 5. The lowest BCUT2D eigenvalue weighted by molar-refractivity contribution is 0.110. The Morgan fingerprint density at radius 1 is 1.40 bits per heavy atom. The van der Waals surface area contributed by atoms with E-state index in [-0.39, 0.29) is 6.04 Å². The molecule has 0 saturated carbocycles. The monoisotopic (exact) mass is 278 g/mol. The predicted molar refractivity (Wildman–Crippen MR) is 80.9 cm³/mol. The standard InChI is InChI=1S/C15H26N4O/c1-18(2)13-6-8-19(9-7-13)14(10-16)12-4-5-15(20-3)17-11-12/h4-5,11,13-14H,6-10,16H2,1-3H3. The number of methoxy groups -OCH3 is 1. The van der Waals surface area contributed by atoms with Crippen molar-refractivity contribution in [2.45, 2.75) is 24.9 Å². The minimum atomic E-state index is 0.261. The SMILES string of the molecule is COc1ccc(C(CN)N2CCC(N(C)C)CC2)cn1. The summed E-state index contributed by atoms with van der Waals surface area (Å²) in [5, 5.41) is 0. The molecule has 0 bridgehead atoms. The molecule has 5 nitrogen and oxygen atoms in total. The number of nitrogens with zero attached hydrogens (tertiary/aromatic N) is 3. The lowest BCUT2D eigenvalue weighted by Gasteiger charge is -2.39. The van der Waals surface area contributed by atoms with Gasteiger partial charge in [0.25, 0.3) is 0 Å². The Balaban J connectivity index is 2.01. The molecule has 1 fully saturated rings. The first kappa shape index (κ1) is 15.2. The summed E-state index contributed by atoms with van der Waals surface area (Å²) in [4.78, 5) is 9.09. The molecular formula is C15H26N4O. The first-order valence-corrected chi connectivity index (χ1v) is 7.26. The summed E-state index contributed by atoms with van der Waals surface area (Å²) < 4.78 is 5.11.